The van der Waals surface area contributed by atoms with Crippen LogP contribution in [0.4, 0.5) is 0 Å². The first-order chi connectivity index (χ1) is 13.5. The highest BCUT2D eigenvalue weighted by molar-refractivity contribution is 7.99. The Morgan fingerprint density at radius 3 is 1.30 bits per heavy atom. The largest absolute Gasteiger partial charge is 0.309 e. The first-order valence-electron chi connectivity index (χ1n) is 9.75. The van der Waals surface area contributed by atoms with Gasteiger partial charge in [-0.3, -0.25) is 4.79 Å². The number of hydrogen-bond acceptors (Lipinski definition) is 5. The lowest BCUT2D eigenvalue weighted by molar-refractivity contribution is 0.103. The Morgan fingerprint density at radius 1 is 0.667 bits per heavy atom. The third-order valence-corrected chi connectivity index (χ3v) is 6.47. The molecule has 0 saturated carbocycles. The average molecular weight is 490 g/mol. The van der Waals surface area contributed by atoms with E-state index < -0.39 is 0 Å². The first-order valence-corrected chi connectivity index (χ1v) is 11.7. The Kier molecular flexibility index (Phi) is 15.6. The van der Waals surface area contributed by atoms with Crippen molar-refractivity contribution in [2.75, 3.05) is 52.8 Å². The van der Waals surface area contributed by atoms with Crippen LogP contribution in [-0.4, -0.2) is 68.4 Å². The van der Waals surface area contributed by atoms with Gasteiger partial charge >= 0.3 is 0 Å². The van der Waals surface area contributed by atoms with E-state index in [0.29, 0.717) is 0 Å². The molecule has 168 valence electrons. The minimum atomic E-state index is 0. The van der Waals surface area contributed by atoms with Crippen LogP contribution >= 0.6 is 48.3 Å². The summed E-state index contributed by atoms with van der Waals surface area (Å²) in [6.07, 6.45) is 2.33. The van der Waals surface area contributed by atoms with Crippen LogP contribution in [0.2, 0.25) is 0 Å². The summed E-state index contributed by atoms with van der Waals surface area (Å²) >= 11 is 3.70. The SMILES string of the molecule is CN(C)CCCSc1ccc(C(=O)c2ccc(SCCCN(C)C)cc2)cc1.Cl.Cl. The second-order valence-electron chi connectivity index (χ2n) is 7.39. The van der Waals surface area contributed by atoms with E-state index in [1.807, 2.05) is 47.8 Å². The second kappa shape index (κ2) is 16.0. The van der Waals surface area contributed by atoms with Crippen molar-refractivity contribution in [3.63, 3.8) is 0 Å². The van der Waals surface area contributed by atoms with Gasteiger partial charge in [0.05, 0.1) is 0 Å². The fraction of sp³-hybridized carbons (Fsp3) is 0.435. The molecule has 0 aliphatic heterocycles. The van der Waals surface area contributed by atoms with Crippen LogP contribution in [-0.2, 0) is 0 Å². The Morgan fingerprint density at radius 2 is 1.00 bits per heavy atom. The number of ketones is 1. The number of carbonyl (C=O) groups is 1. The topological polar surface area (TPSA) is 23.6 Å². The molecule has 0 aromatic heterocycles. The lowest BCUT2D eigenvalue weighted by atomic mass is 10.0. The zero-order valence-corrected chi connectivity index (χ0v) is 21.6. The fourth-order valence-corrected chi connectivity index (χ4v) is 4.39. The highest BCUT2D eigenvalue weighted by atomic mass is 35.5. The van der Waals surface area contributed by atoms with Crippen molar-refractivity contribution in [2.45, 2.75) is 22.6 Å². The third kappa shape index (κ3) is 11.1. The van der Waals surface area contributed by atoms with Crippen LogP contribution in [0.15, 0.2) is 58.3 Å². The molecule has 3 nitrogen and oxygen atoms in total. The summed E-state index contributed by atoms with van der Waals surface area (Å²) in [5.74, 6) is 2.28. The zero-order chi connectivity index (χ0) is 20.4. The van der Waals surface area contributed by atoms with E-state index in [1.54, 1.807) is 0 Å². The fourth-order valence-electron chi connectivity index (χ4n) is 2.71. The maximum atomic E-state index is 12.7. The van der Waals surface area contributed by atoms with Crippen molar-refractivity contribution in [3.05, 3.63) is 59.7 Å². The van der Waals surface area contributed by atoms with E-state index in [1.165, 1.54) is 9.79 Å². The van der Waals surface area contributed by atoms with E-state index in [2.05, 4.69) is 62.3 Å². The van der Waals surface area contributed by atoms with Crippen LogP contribution in [0.1, 0.15) is 28.8 Å². The number of rotatable bonds is 12. The molecule has 0 spiro atoms. The number of thioether (sulfide) groups is 2. The predicted octanol–water partition coefficient (Wildman–Crippen LogP) is 5.85. The molecular weight excluding hydrogens is 455 g/mol. The lowest BCUT2D eigenvalue weighted by Gasteiger charge is -2.09. The van der Waals surface area contributed by atoms with E-state index in [0.717, 1.165) is 48.6 Å². The summed E-state index contributed by atoms with van der Waals surface area (Å²) in [7, 11) is 8.39. The Balaban J connectivity index is 0.00000420. The van der Waals surface area contributed by atoms with Gasteiger partial charge in [0.1, 0.15) is 0 Å². The molecular formula is C23H34Cl2N2OS2. The monoisotopic (exact) mass is 488 g/mol. The average Bonchev–Trinajstić information content (AvgIpc) is 2.69. The van der Waals surface area contributed by atoms with Gasteiger partial charge in [-0.05, 0) is 114 Å². The van der Waals surface area contributed by atoms with Crippen LogP contribution in [0.25, 0.3) is 0 Å². The molecule has 2 aromatic rings. The van der Waals surface area contributed by atoms with Crippen molar-refractivity contribution >= 4 is 54.1 Å². The normalized spacial score (nSPS) is 10.6. The minimum Gasteiger partial charge on any atom is -0.309 e. The van der Waals surface area contributed by atoms with Gasteiger partial charge in [0.2, 0.25) is 0 Å². The second-order valence-corrected chi connectivity index (χ2v) is 9.73. The van der Waals surface area contributed by atoms with Crippen molar-refractivity contribution in [1.29, 1.82) is 0 Å². The van der Waals surface area contributed by atoms with Crippen LogP contribution in [0.3, 0.4) is 0 Å². The Bertz CT molecular complexity index is 661. The van der Waals surface area contributed by atoms with Crippen molar-refractivity contribution in [3.8, 4) is 0 Å². The highest BCUT2D eigenvalue weighted by Crippen LogP contribution is 2.22. The van der Waals surface area contributed by atoms with Gasteiger partial charge in [-0.1, -0.05) is 0 Å². The summed E-state index contributed by atoms with van der Waals surface area (Å²) < 4.78 is 0. The Hall–Kier alpha value is -0.690. The molecule has 2 rings (SSSR count). The van der Waals surface area contributed by atoms with Crippen molar-refractivity contribution in [2.24, 2.45) is 0 Å². The molecule has 0 saturated heterocycles. The molecule has 0 aliphatic rings. The maximum absolute atomic E-state index is 12.7. The van der Waals surface area contributed by atoms with Gasteiger partial charge in [-0.2, -0.15) is 0 Å². The van der Waals surface area contributed by atoms with Crippen LogP contribution in [0, 0.1) is 0 Å². The molecule has 0 N–H and O–H groups in total. The van der Waals surface area contributed by atoms with Gasteiger partial charge in [0, 0.05) is 20.9 Å². The van der Waals surface area contributed by atoms with E-state index >= 15 is 0 Å². The molecule has 0 bridgehead atoms. The molecule has 2 aromatic carbocycles. The molecule has 0 radical (unpaired) electrons. The van der Waals surface area contributed by atoms with E-state index in [9.17, 15) is 4.79 Å². The number of carbonyl (C=O) groups excluding carboxylic acids is 1. The summed E-state index contributed by atoms with van der Waals surface area (Å²) in [5, 5.41) is 0. The van der Waals surface area contributed by atoms with Gasteiger partial charge in [-0.25, -0.2) is 0 Å². The van der Waals surface area contributed by atoms with E-state index in [-0.39, 0.29) is 30.6 Å². The standard InChI is InChI=1S/C23H32N2OS2.2ClH/c1-24(2)15-5-17-27-21-11-7-19(8-12-21)23(26)20-9-13-22(14-10-20)28-18-6-16-25(3)4;;/h7-14H,5-6,15-18H2,1-4H3;2*1H. The zero-order valence-electron chi connectivity index (χ0n) is 18.3. The molecule has 0 heterocycles. The quantitative estimate of drug-likeness (QED) is 0.212. The van der Waals surface area contributed by atoms with Crippen molar-refractivity contribution < 1.29 is 4.79 Å². The third-order valence-electron chi connectivity index (χ3n) is 4.27. The lowest BCUT2D eigenvalue weighted by Crippen LogP contribution is -2.13. The summed E-state index contributed by atoms with van der Waals surface area (Å²) in [6, 6.07) is 16.0. The smallest absolute Gasteiger partial charge is 0.193 e. The van der Waals surface area contributed by atoms with E-state index in [4.69, 9.17) is 0 Å². The minimum absolute atomic E-state index is 0. The summed E-state index contributed by atoms with van der Waals surface area (Å²) in [6.45, 7) is 2.21. The predicted molar refractivity (Wildman–Crippen MR) is 139 cm³/mol. The number of benzene rings is 2. The highest BCUT2D eigenvalue weighted by Gasteiger charge is 2.09. The summed E-state index contributed by atoms with van der Waals surface area (Å²) in [4.78, 5) is 19.6. The van der Waals surface area contributed by atoms with Gasteiger partial charge in [0.25, 0.3) is 0 Å². The molecule has 0 unspecified atom stereocenters. The molecule has 30 heavy (non-hydrogen) atoms. The van der Waals surface area contributed by atoms with Crippen LogP contribution in [0.5, 0.6) is 0 Å². The van der Waals surface area contributed by atoms with Gasteiger partial charge in [0.15, 0.2) is 5.78 Å². The molecule has 0 aliphatic carbocycles. The maximum Gasteiger partial charge on any atom is 0.193 e. The number of nitrogens with zero attached hydrogens (tertiary/aromatic N) is 2. The van der Waals surface area contributed by atoms with Gasteiger partial charge < -0.3 is 9.80 Å². The van der Waals surface area contributed by atoms with Crippen LogP contribution < -0.4 is 0 Å². The van der Waals surface area contributed by atoms with Gasteiger partial charge in [-0.15, -0.1) is 48.3 Å². The first kappa shape index (κ1) is 29.3. The van der Waals surface area contributed by atoms with Crippen molar-refractivity contribution in [1.82, 2.24) is 9.80 Å². The summed E-state index contributed by atoms with van der Waals surface area (Å²) in [5.41, 5.74) is 1.51. The molecule has 0 amide bonds. The Labute approximate surface area is 203 Å². The molecule has 0 fully saturated rings. The number of halogens is 2. The number of hydrogen-bond donors (Lipinski definition) is 0. The molecule has 0 atom stereocenters. The molecule has 7 heteroatoms.